The normalized spacial score (nSPS) is 18.4. The number of nitro groups is 1. The van der Waals surface area contributed by atoms with Crippen LogP contribution in [-0.4, -0.2) is 33.6 Å². The first-order valence-corrected chi connectivity index (χ1v) is 6.60. The van der Waals surface area contributed by atoms with Gasteiger partial charge >= 0.3 is 0 Å². The highest BCUT2D eigenvalue weighted by molar-refractivity contribution is 9.10. The van der Waals surface area contributed by atoms with E-state index in [4.69, 9.17) is 0 Å². The van der Waals surface area contributed by atoms with Gasteiger partial charge in [-0.25, -0.2) is 0 Å². The standard InChI is InChI=1S/C12H15BrN2O3/c1-2-12(16)7-14(8-12)6-9-3-4-10(15(17)18)5-11(9)13/h3-5,16H,2,6-8H2,1H3. The molecule has 0 aliphatic carbocycles. The predicted molar refractivity (Wildman–Crippen MR) is 71.3 cm³/mol. The van der Waals surface area contributed by atoms with Gasteiger partial charge in [0.15, 0.2) is 0 Å². The molecule has 1 aliphatic heterocycles. The van der Waals surface area contributed by atoms with Crippen LogP contribution in [0.5, 0.6) is 0 Å². The molecular weight excluding hydrogens is 300 g/mol. The largest absolute Gasteiger partial charge is 0.387 e. The van der Waals surface area contributed by atoms with E-state index in [9.17, 15) is 15.2 Å². The molecule has 18 heavy (non-hydrogen) atoms. The average molecular weight is 315 g/mol. The van der Waals surface area contributed by atoms with Crippen molar-refractivity contribution in [3.8, 4) is 0 Å². The number of likely N-dealkylation sites (tertiary alicyclic amines) is 1. The molecule has 1 heterocycles. The maximum atomic E-state index is 10.6. The molecule has 1 saturated heterocycles. The van der Waals surface area contributed by atoms with Crippen molar-refractivity contribution in [3.05, 3.63) is 38.3 Å². The summed E-state index contributed by atoms with van der Waals surface area (Å²) in [6.07, 6.45) is 0.755. The maximum Gasteiger partial charge on any atom is 0.270 e. The van der Waals surface area contributed by atoms with E-state index >= 15 is 0 Å². The van der Waals surface area contributed by atoms with Gasteiger partial charge < -0.3 is 5.11 Å². The van der Waals surface area contributed by atoms with Crippen LogP contribution in [0.3, 0.4) is 0 Å². The average Bonchev–Trinajstić information content (AvgIpc) is 2.29. The Morgan fingerprint density at radius 2 is 2.22 bits per heavy atom. The van der Waals surface area contributed by atoms with Crippen molar-refractivity contribution < 1.29 is 10.0 Å². The lowest BCUT2D eigenvalue weighted by atomic mass is 9.91. The Labute approximate surface area is 114 Å². The SMILES string of the molecule is CCC1(O)CN(Cc2ccc([N+](=O)[O-])cc2Br)C1. The van der Waals surface area contributed by atoms with Gasteiger partial charge in [0, 0.05) is 36.2 Å². The minimum atomic E-state index is -0.548. The summed E-state index contributed by atoms with van der Waals surface area (Å²) in [6, 6.07) is 4.78. The molecule has 0 radical (unpaired) electrons. The molecule has 1 aromatic rings. The molecule has 0 spiro atoms. The van der Waals surface area contributed by atoms with Crippen molar-refractivity contribution >= 4 is 21.6 Å². The monoisotopic (exact) mass is 314 g/mol. The zero-order valence-corrected chi connectivity index (χ0v) is 11.7. The number of β-amino-alcohol motifs (C(OH)–C–C–N with tert-alkyl or cyclic N) is 1. The van der Waals surface area contributed by atoms with Crippen LogP contribution in [-0.2, 0) is 6.54 Å². The summed E-state index contributed by atoms with van der Waals surface area (Å²) in [5.41, 5.74) is 0.533. The number of hydrogen-bond donors (Lipinski definition) is 1. The highest BCUT2D eigenvalue weighted by Gasteiger charge is 2.39. The quantitative estimate of drug-likeness (QED) is 0.684. The fourth-order valence-electron chi connectivity index (χ4n) is 2.14. The third-order valence-electron chi connectivity index (χ3n) is 3.34. The van der Waals surface area contributed by atoms with E-state index < -0.39 is 10.5 Å². The molecule has 1 aliphatic rings. The summed E-state index contributed by atoms with van der Waals surface area (Å²) < 4.78 is 0.739. The van der Waals surface area contributed by atoms with E-state index in [0.29, 0.717) is 19.6 Å². The minimum Gasteiger partial charge on any atom is -0.387 e. The Balaban J connectivity index is 2.01. The second kappa shape index (κ2) is 4.95. The van der Waals surface area contributed by atoms with Crippen molar-refractivity contribution in [1.82, 2.24) is 4.90 Å². The van der Waals surface area contributed by atoms with Crippen molar-refractivity contribution in [2.24, 2.45) is 0 Å². The molecule has 1 fully saturated rings. The molecule has 1 aromatic carbocycles. The van der Waals surface area contributed by atoms with E-state index in [1.807, 2.05) is 6.92 Å². The molecule has 0 amide bonds. The Bertz CT molecular complexity index is 472. The lowest BCUT2D eigenvalue weighted by molar-refractivity contribution is -0.384. The van der Waals surface area contributed by atoms with Gasteiger partial charge in [-0.1, -0.05) is 22.9 Å². The Morgan fingerprint density at radius 3 is 2.72 bits per heavy atom. The number of non-ortho nitro benzene ring substituents is 1. The molecule has 1 N–H and O–H groups in total. The van der Waals surface area contributed by atoms with Gasteiger partial charge in [-0.05, 0) is 18.1 Å². The van der Waals surface area contributed by atoms with E-state index in [1.54, 1.807) is 6.07 Å². The zero-order chi connectivity index (χ0) is 13.3. The summed E-state index contributed by atoms with van der Waals surface area (Å²) in [6.45, 7) is 3.99. The molecule has 98 valence electrons. The van der Waals surface area contributed by atoms with Gasteiger partial charge in [-0.2, -0.15) is 0 Å². The lowest BCUT2D eigenvalue weighted by Crippen LogP contribution is -2.60. The summed E-state index contributed by atoms with van der Waals surface area (Å²) in [7, 11) is 0. The Kier molecular flexibility index (Phi) is 3.70. The summed E-state index contributed by atoms with van der Waals surface area (Å²) in [5, 5.41) is 20.5. The lowest BCUT2D eigenvalue weighted by Gasteiger charge is -2.46. The highest BCUT2D eigenvalue weighted by Crippen LogP contribution is 2.29. The predicted octanol–water partition coefficient (Wildman–Crippen LogP) is 2.31. The van der Waals surface area contributed by atoms with Crippen LogP contribution in [0.15, 0.2) is 22.7 Å². The molecule has 0 aromatic heterocycles. The maximum absolute atomic E-state index is 10.6. The molecule has 0 saturated carbocycles. The van der Waals surface area contributed by atoms with E-state index in [0.717, 1.165) is 16.5 Å². The molecular formula is C12H15BrN2O3. The third-order valence-corrected chi connectivity index (χ3v) is 4.07. The highest BCUT2D eigenvalue weighted by atomic mass is 79.9. The van der Waals surface area contributed by atoms with Gasteiger partial charge in [0.2, 0.25) is 0 Å². The number of nitrogens with zero attached hydrogens (tertiary/aromatic N) is 2. The van der Waals surface area contributed by atoms with Gasteiger partial charge in [-0.15, -0.1) is 0 Å². The number of nitro benzene ring substituents is 1. The van der Waals surface area contributed by atoms with Crippen LogP contribution in [0.4, 0.5) is 5.69 Å². The third kappa shape index (κ3) is 2.71. The fraction of sp³-hybridized carbons (Fsp3) is 0.500. The van der Waals surface area contributed by atoms with Crippen LogP contribution in [0.25, 0.3) is 0 Å². The van der Waals surface area contributed by atoms with Crippen molar-refractivity contribution in [1.29, 1.82) is 0 Å². The van der Waals surface area contributed by atoms with Gasteiger partial charge in [0.05, 0.1) is 10.5 Å². The number of aliphatic hydroxyl groups is 1. The molecule has 0 unspecified atom stereocenters. The van der Waals surface area contributed by atoms with Crippen molar-refractivity contribution in [2.45, 2.75) is 25.5 Å². The molecule has 5 nitrogen and oxygen atoms in total. The first kappa shape index (κ1) is 13.5. The zero-order valence-electron chi connectivity index (χ0n) is 10.1. The van der Waals surface area contributed by atoms with Crippen LogP contribution in [0, 0.1) is 10.1 Å². The van der Waals surface area contributed by atoms with E-state index in [2.05, 4.69) is 20.8 Å². The fourth-order valence-corrected chi connectivity index (χ4v) is 2.63. The summed E-state index contributed by atoms with van der Waals surface area (Å²) in [5.74, 6) is 0. The van der Waals surface area contributed by atoms with Crippen LogP contribution in [0.1, 0.15) is 18.9 Å². The summed E-state index contributed by atoms with van der Waals surface area (Å²) >= 11 is 3.35. The molecule has 0 bridgehead atoms. The smallest absolute Gasteiger partial charge is 0.270 e. The van der Waals surface area contributed by atoms with Crippen molar-refractivity contribution in [2.75, 3.05) is 13.1 Å². The second-order valence-corrected chi connectivity index (χ2v) is 5.61. The van der Waals surface area contributed by atoms with Crippen molar-refractivity contribution in [3.63, 3.8) is 0 Å². The summed E-state index contributed by atoms with van der Waals surface area (Å²) in [4.78, 5) is 12.3. The van der Waals surface area contributed by atoms with Gasteiger partial charge in [-0.3, -0.25) is 15.0 Å². The van der Waals surface area contributed by atoms with E-state index in [-0.39, 0.29) is 5.69 Å². The number of benzene rings is 1. The topological polar surface area (TPSA) is 66.6 Å². The van der Waals surface area contributed by atoms with E-state index in [1.165, 1.54) is 12.1 Å². The second-order valence-electron chi connectivity index (χ2n) is 4.76. The first-order valence-electron chi connectivity index (χ1n) is 5.81. The Morgan fingerprint density at radius 1 is 1.56 bits per heavy atom. The number of rotatable bonds is 4. The van der Waals surface area contributed by atoms with Gasteiger partial charge in [0.25, 0.3) is 5.69 Å². The van der Waals surface area contributed by atoms with Crippen LogP contribution in [0.2, 0.25) is 0 Å². The molecule has 6 heteroatoms. The minimum absolute atomic E-state index is 0.0827. The number of hydrogen-bond acceptors (Lipinski definition) is 4. The van der Waals surface area contributed by atoms with Gasteiger partial charge in [0.1, 0.15) is 0 Å². The first-order chi connectivity index (χ1) is 8.43. The molecule has 2 rings (SSSR count). The number of halogens is 1. The Hall–Kier alpha value is -0.980. The molecule has 0 atom stereocenters. The van der Waals surface area contributed by atoms with Crippen LogP contribution < -0.4 is 0 Å². The van der Waals surface area contributed by atoms with Crippen LogP contribution >= 0.6 is 15.9 Å².